The standard InChI is InChI=1S/C17H36N2/c1-15(2)6-11-19(12-7-16(3)4)13-10-17(14-18)8-5-9-17/h15-16H,5-14,18H2,1-4H3. The lowest BCUT2D eigenvalue weighted by molar-refractivity contribution is 0.103. The minimum atomic E-state index is 0.508. The fourth-order valence-corrected chi connectivity index (χ4v) is 2.85. The van der Waals surface area contributed by atoms with Gasteiger partial charge in [-0.1, -0.05) is 34.1 Å². The Bertz CT molecular complexity index is 214. The van der Waals surface area contributed by atoms with E-state index in [1.165, 1.54) is 58.2 Å². The molecule has 0 aromatic rings. The van der Waals surface area contributed by atoms with Crippen molar-refractivity contribution in [3.05, 3.63) is 0 Å². The molecule has 0 saturated heterocycles. The van der Waals surface area contributed by atoms with E-state index in [-0.39, 0.29) is 0 Å². The van der Waals surface area contributed by atoms with Crippen molar-refractivity contribution in [2.45, 2.75) is 66.2 Å². The van der Waals surface area contributed by atoms with Crippen LogP contribution >= 0.6 is 0 Å². The van der Waals surface area contributed by atoms with E-state index in [1.807, 2.05) is 0 Å². The summed E-state index contributed by atoms with van der Waals surface area (Å²) >= 11 is 0. The minimum Gasteiger partial charge on any atom is -0.330 e. The number of nitrogens with zero attached hydrogens (tertiary/aromatic N) is 1. The van der Waals surface area contributed by atoms with Crippen LogP contribution in [-0.2, 0) is 0 Å². The van der Waals surface area contributed by atoms with Crippen molar-refractivity contribution in [1.82, 2.24) is 4.90 Å². The lowest BCUT2D eigenvalue weighted by atomic mass is 9.66. The molecule has 0 radical (unpaired) electrons. The van der Waals surface area contributed by atoms with Gasteiger partial charge >= 0.3 is 0 Å². The fraction of sp³-hybridized carbons (Fsp3) is 1.00. The molecule has 1 saturated carbocycles. The monoisotopic (exact) mass is 268 g/mol. The van der Waals surface area contributed by atoms with E-state index in [2.05, 4.69) is 32.6 Å². The highest BCUT2D eigenvalue weighted by molar-refractivity contribution is 4.89. The predicted octanol–water partition coefficient (Wildman–Crippen LogP) is 3.90. The topological polar surface area (TPSA) is 29.3 Å². The van der Waals surface area contributed by atoms with Gasteiger partial charge in [0.1, 0.15) is 0 Å². The molecule has 0 spiro atoms. The molecular weight excluding hydrogens is 232 g/mol. The van der Waals surface area contributed by atoms with Crippen molar-refractivity contribution in [2.75, 3.05) is 26.2 Å². The van der Waals surface area contributed by atoms with Crippen LogP contribution in [0.3, 0.4) is 0 Å². The highest BCUT2D eigenvalue weighted by Crippen LogP contribution is 2.42. The maximum Gasteiger partial charge on any atom is -0.00130 e. The lowest BCUT2D eigenvalue weighted by Gasteiger charge is -2.42. The molecule has 0 unspecified atom stereocenters. The van der Waals surface area contributed by atoms with E-state index >= 15 is 0 Å². The van der Waals surface area contributed by atoms with E-state index in [0.717, 1.165) is 18.4 Å². The molecule has 1 aliphatic carbocycles. The van der Waals surface area contributed by atoms with Crippen LogP contribution in [0.15, 0.2) is 0 Å². The Kier molecular flexibility index (Phi) is 7.38. The molecule has 0 amide bonds. The summed E-state index contributed by atoms with van der Waals surface area (Å²) in [5.74, 6) is 1.63. The van der Waals surface area contributed by atoms with E-state index in [4.69, 9.17) is 5.73 Å². The van der Waals surface area contributed by atoms with E-state index in [9.17, 15) is 0 Å². The summed E-state index contributed by atoms with van der Waals surface area (Å²) in [6.45, 7) is 14.0. The van der Waals surface area contributed by atoms with Crippen molar-refractivity contribution in [3.8, 4) is 0 Å². The summed E-state index contributed by atoms with van der Waals surface area (Å²) in [5, 5.41) is 0. The van der Waals surface area contributed by atoms with Crippen LogP contribution in [0.25, 0.3) is 0 Å². The normalized spacial score (nSPS) is 18.3. The van der Waals surface area contributed by atoms with Crippen molar-refractivity contribution >= 4 is 0 Å². The number of hydrogen-bond acceptors (Lipinski definition) is 2. The van der Waals surface area contributed by atoms with Crippen LogP contribution in [0.2, 0.25) is 0 Å². The lowest BCUT2D eigenvalue weighted by Crippen LogP contribution is -2.41. The maximum atomic E-state index is 5.98. The first-order valence-electron chi connectivity index (χ1n) is 8.40. The molecular formula is C17H36N2. The summed E-state index contributed by atoms with van der Waals surface area (Å²) < 4.78 is 0. The zero-order valence-electron chi connectivity index (χ0n) is 13.8. The first kappa shape index (κ1) is 17.0. The van der Waals surface area contributed by atoms with Gasteiger partial charge in [-0.25, -0.2) is 0 Å². The summed E-state index contributed by atoms with van der Waals surface area (Å²) in [6, 6.07) is 0. The molecule has 1 aliphatic rings. The Morgan fingerprint density at radius 2 is 1.47 bits per heavy atom. The molecule has 0 heterocycles. The quantitative estimate of drug-likeness (QED) is 0.651. The molecule has 0 aromatic heterocycles. The van der Waals surface area contributed by atoms with Crippen LogP contribution in [-0.4, -0.2) is 31.1 Å². The SMILES string of the molecule is CC(C)CCN(CCC(C)C)CCC1(CN)CCC1. The van der Waals surface area contributed by atoms with E-state index in [0.29, 0.717) is 5.41 Å². The van der Waals surface area contributed by atoms with Gasteiger partial charge in [0.05, 0.1) is 0 Å². The van der Waals surface area contributed by atoms with Gasteiger partial charge in [-0.15, -0.1) is 0 Å². The first-order chi connectivity index (χ1) is 8.97. The molecule has 0 aromatic carbocycles. The molecule has 0 atom stereocenters. The number of hydrogen-bond donors (Lipinski definition) is 1. The average molecular weight is 268 g/mol. The number of nitrogens with two attached hydrogens (primary N) is 1. The number of rotatable bonds is 10. The zero-order chi connectivity index (χ0) is 14.3. The van der Waals surface area contributed by atoms with Gasteiger partial charge in [0.15, 0.2) is 0 Å². The fourth-order valence-electron chi connectivity index (χ4n) is 2.85. The Labute approximate surface area is 121 Å². The molecule has 19 heavy (non-hydrogen) atoms. The largest absolute Gasteiger partial charge is 0.330 e. The van der Waals surface area contributed by atoms with Gasteiger partial charge in [-0.2, -0.15) is 0 Å². The molecule has 2 N–H and O–H groups in total. The van der Waals surface area contributed by atoms with Crippen LogP contribution < -0.4 is 5.73 Å². The molecule has 1 rings (SSSR count). The summed E-state index contributed by atoms with van der Waals surface area (Å²) in [4.78, 5) is 2.69. The van der Waals surface area contributed by atoms with Crippen LogP contribution in [0, 0.1) is 17.3 Å². The summed E-state index contributed by atoms with van der Waals surface area (Å²) in [7, 11) is 0. The molecule has 0 aliphatic heterocycles. The first-order valence-corrected chi connectivity index (χ1v) is 8.40. The predicted molar refractivity (Wildman–Crippen MR) is 85.3 cm³/mol. The third-order valence-electron chi connectivity index (χ3n) is 4.85. The van der Waals surface area contributed by atoms with Gasteiger partial charge in [-0.05, 0) is 75.5 Å². The second-order valence-electron chi connectivity index (χ2n) is 7.51. The van der Waals surface area contributed by atoms with Gasteiger partial charge in [0.2, 0.25) is 0 Å². The molecule has 1 fully saturated rings. The van der Waals surface area contributed by atoms with Crippen LogP contribution in [0.1, 0.15) is 66.2 Å². The Balaban J connectivity index is 2.34. The highest BCUT2D eigenvalue weighted by Gasteiger charge is 2.35. The average Bonchev–Trinajstić information content (AvgIpc) is 2.30. The van der Waals surface area contributed by atoms with E-state index < -0.39 is 0 Å². The molecule has 2 heteroatoms. The second kappa shape index (κ2) is 8.26. The van der Waals surface area contributed by atoms with Crippen molar-refractivity contribution in [1.29, 1.82) is 0 Å². The van der Waals surface area contributed by atoms with E-state index in [1.54, 1.807) is 0 Å². The Morgan fingerprint density at radius 3 is 1.79 bits per heavy atom. The van der Waals surface area contributed by atoms with Crippen LogP contribution in [0.5, 0.6) is 0 Å². The van der Waals surface area contributed by atoms with Gasteiger partial charge < -0.3 is 10.6 Å². The smallest absolute Gasteiger partial charge is 0.00130 e. The Morgan fingerprint density at radius 1 is 0.947 bits per heavy atom. The molecule has 114 valence electrons. The third-order valence-corrected chi connectivity index (χ3v) is 4.85. The molecule has 0 bridgehead atoms. The molecule has 2 nitrogen and oxygen atoms in total. The third kappa shape index (κ3) is 6.27. The second-order valence-corrected chi connectivity index (χ2v) is 7.51. The van der Waals surface area contributed by atoms with Crippen molar-refractivity contribution in [2.24, 2.45) is 23.0 Å². The Hall–Kier alpha value is -0.0800. The minimum absolute atomic E-state index is 0.508. The van der Waals surface area contributed by atoms with Crippen molar-refractivity contribution in [3.63, 3.8) is 0 Å². The zero-order valence-corrected chi connectivity index (χ0v) is 13.8. The van der Waals surface area contributed by atoms with Gasteiger partial charge in [0, 0.05) is 0 Å². The van der Waals surface area contributed by atoms with Crippen molar-refractivity contribution < 1.29 is 0 Å². The summed E-state index contributed by atoms with van der Waals surface area (Å²) in [6.07, 6.45) is 8.10. The highest BCUT2D eigenvalue weighted by atomic mass is 15.1. The van der Waals surface area contributed by atoms with Crippen LogP contribution in [0.4, 0.5) is 0 Å². The van der Waals surface area contributed by atoms with Gasteiger partial charge in [0.25, 0.3) is 0 Å². The van der Waals surface area contributed by atoms with Gasteiger partial charge in [-0.3, -0.25) is 0 Å². The maximum absolute atomic E-state index is 5.98. The summed E-state index contributed by atoms with van der Waals surface area (Å²) in [5.41, 5.74) is 6.49.